The molecule has 27 heavy (non-hydrogen) atoms. The lowest BCUT2D eigenvalue weighted by atomic mass is 10.2. The minimum atomic E-state index is -2.57. The highest BCUT2D eigenvalue weighted by molar-refractivity contribution is 6.99. The fourth-order valence-corrected chi connectivity index (χ4v) is 8.13. The molecule has 1 N–H and O–H groups in total. The summed E-state index contributed by atoms with van der Waals surface area (Å²) < 4.78 is 12.7. The zero-order chi connectivity index (χ0) is 19.8. The van der Waals surface area contributed by atoms with Crippen LogP contribution in [0.2, 0.25) is 5.04 Å². The van der Waals surface area contributed by atoms with E-state index in [0.717, 1.165) is 0 Å². The van der Waals surface area contributed by atoms with Crippen LogP contribution >= 0.6 is 0 Å². The van der Waals surface area contributed by atoms with Gasteiger partial charge in [-0.1, -0.05) is 87.5 Å². The highest BCUT2D eigenvalue weighted by Gasteiger charge is 2.50. The second-order valence-corrected chi connectivity index (χ2v) is 12.0. The molecule has 4 heteroatoms. The highest BCUT2D eigenvalue weighted by atomic mass is 28.4. The molecule has 1 atom stereocenters. The van der Waals surface area contributed by atoms with Crippen molar-refractivity contribution >= 4 is 18.7 Å². The number of aliphatic hydroxyl groups is 1. The molecule has 0 amide bonds. The van der Waals surface area contributed by atoms with E-state index in [-0.39, 0.29) is 17.7 Å². The van der Waals surface area contributed by atoms with Crippen LogP contribution in [0.4, 0.5) is 0 Å². The van der Waals surface area contributed by atoms with Crippen LogP contribution in [0.25, 0.3) is 0 Å². The molecule has 0 bridgehead atoms. The van der Waals surface area contributed by atoms with E-state index in [0.29, 0.717) is 19.6 Å². The van der Waals surface area contributed by atoms with Crippen molar-refractivity contribution in [2.24, 2.45) is 0 Å². The minimum Gasteiger partial charge on any atom is -0.405 e. The summed E-state index contributed by atoms with van der Waals surface area (Å²) in [6.07, 6.45) is 2.12. The lowest BCUT2D eigenvalue weighted by Gasteiger charge is -2.43. The van der Waals surface area contributed by atoms with Crippen LogP contribution in [0, 0.1) is 0 Å². The third-order valence-corrected chi connectivity index (χ3v) is 9.81. The van der Waals surface area contributed by atoms with Gasteiger partial charge in [-0.3, -0.25) is 0 Å². The van der Waals surface area contributed by atoms with Crippen LogP contribution in [0.3, 0.4) is 0 Å². The van der Waals surface area contributed by atoms with E-state index in [4.69, 9.17) is 9.16 Å². The van der Waals surface area contributed by atoms with Gasteiger partial charge in [-0.05, 0) is 21.8 Å². The van der Waals surface area contributed by atoms with Gasteiger partial charge in [-0.25, -0.2) is 0 Å². The average molecular weight is 385 g/mol. The van der Waals surface area contributed by atoms with Gasteiger partial charge in [0, 0.05) is 6.61 Å². The summed E-state index contributed by atoms with van der Waals surface area (Å²) in [5.74, 6) is 0. The van der Waals surface area contributed by atoms with Crippen LogP contribution < -0.4 is 10.4 Å². The number of aliphatic hydroxyl groups excluding tert-OH is 1. The summed E-state index contributed by atoms with van der Waals surface area (Å²) in [5, 5.41) is 11.8. The maximum atomic E-state index is 9.41. The Labute approximate surface area is 164 Å². The molecule has 0 spiro atoms. The molecule has 2 rings (SSSR count). The summed E-state index contributed by atoms with van der Waals surface area (Å²) in [5.41, 5.74) is 0. The number of benzene rings is 2. The molecule has 0 aliphatic rings. The molecule has 0 aliphatic carbocycles. The van der Waals surface area contributed by atoms with Crippen LogP contribution in [0.15, 0.2) is 73.3 Å². The third kappa shape index (κ3) is 5.17. The van der Waals surface area contributed by atoms with Gasteiger partial charge < -0.3 is 14.3 Å². The van der Waals surface area contributed by atoms with Crippen molar-refractivity contribution in [1.29, 1.82) is 0 Å². The van der Waals surface area contributed by atoms with Crippen molar-refractivity contribution in [2.75, 3.05) is 19.8 Å². The Balaban J connectivity index is 2.47. The van der Waals surface area contributed by atoms with Crippen molar-refractivity contribution in [2.45, 2.75) is 38.3 Å². The van der Waals surface area contributed by atoms with Gasteiger partial charge in [0.1, 0.15) is 0 Å². The van der Waals surface area contributed by atoms with Gasteiger partial charge in [-0.15, -0.1) is 6.58 Å². The molecule has 0 radical (unpaired) electrons. The first-order chi connectivity index (χ1) is 13.0. The summed E-state index contributed by atoms with van der Waals surface area (Å²) in [7, 11) is -2.57. The van der Waals surface area contributed by atoms with Crippen molar-refractivity contribution < 1.29 is 14.3 Å². The molecular weight excluding hydrogens is 352 g/mol. The number of ether oxygens (including phenoxy) is 1. The zero-order valence-corrected chi connectivity index (χ0v) is 17.7. The molecule has 146 valence electrons. The third-order valence-electron chi connectivity index (χ3n) is 4.80. The number of hydrogen-bond acceptors (Lipinski definition) is 3. The Morgan fingerprint density at radius 1 is 1.00 bits per heavy atom. The Bertz CT molecular complexity index is 640. The quantitative estimate of drug-likeness (QED) is 0.503. The molecule has 2 aromatic rings. The van der Waals surface area contributed by atoms with Crippen LogP contribution in [0.1, 0.15) is 27.2 Å². The number of rotatable bonds is 10. The monoisotopic (exact) mass is 384 g/mol. The summed E-state index contributed by atoms with van der Waals surface area (Å²) in [4.78, 5) is 0. The van der Waals surface area contributed by atoms with E-state index in [1.165, 1.54) is 10.4 Å². The molecule has 0 heterocycles. The Hall–Kier alpha value is -1.72. The van der Waals surface area contributed by atoms with Crippen molar-refractivity contribution in [3.63, 3.8) is 0 Å². The first-order valence-electron chi connectivity index (χ1n) is 9.54. The first-order valence-corrected chi connectivity index (χ1v) is 11.4. The highest BCUT2D eigenvalue weighted by Crippen LogP contribution is 2.36. The fourth-order valence-electron chi connectivity index (χ4n) is 3.54. The summed E-state index contributed by atoms with van der Waals surface area (Å²) in [6.45, 7) is 11.5. The van der Waals surface area contributed by atoms with Gasteiger partial charge >= 0.3 is 0 Å². The predicted octanol–water partition coefficient (Wildman–Crippen LogP) is 3.52. The predicted molar refractivity (Wildman–Crippen MR) is 115 cm³/mol. The molecule has 2 aromatic carbocycles. The molecule has 0 aliphatic heterocycles. The Morgan fingerprint density at radius 3 is 1.93 bits per heavy atom. The van der Waals surface area contributed by atoms with E-state index < -0.39 is 8.32 Å². The van der Waals surface area contributed by atoms with Crippen LogP contribution in [-0.2, 0) is 9.16 Å². The van der Waals surface area contributed by atoms with Crippen molar-refractivity contribution in [3.8, 4) is 0 Å². The minimum absolute atomic E-state index is 0.0715. The molecule has 0 saturated carbocycles. The fraction of sp³-hybridized carbons (Fsp3) is 0.391. The van der Waals surface area contributed by atoms with E-state index in [1.54, 1.807) is 6.08 Å². The smallest absolute Gasteiger partial charge is 0.261 e. The van der Waals surface area contributed by atoms with Gasteiger partial charge in [0.25, 0.3) is 8.32 Å². The number of hydrogen-bond donors (Lipinski definition) is 1. The molecule has 3 nitrogen and oxygen atoms in total. The molecule has 1 unspecified atom stereocenters. The van der Waals surface area contributed by atoms with E-state index >= 15 is 0 Å². The first kappa shape index (κ1) is 21.6. The topological polar surface area (TPSA) is 38.7 Å². The van der Waals surface area contributed by atoms with Gasteiger partial charge in [0.2, 0.25) is 0 Å². The largest absolute Gasteiger partial charge is 0.405 e. The van der Waals surface area contributed by atoms with Gasteiger partial charge in [0.05, 0.1) is 19.3 Å². The zero-order valence-electron chi connectivity index (χ0n) is 16.7. The molecule has 0 saturated heterocycles. The molecule has 0 fully saturated rings. The Morgan fingerprint density at radius 2 is 1.52 bits per heavy atom. The lowest BCUT2D eigenvalue weighted by Crippen LogP contribution is -2.67. The van der Waals surface area contributed by atoms with E-state index in [2.05, 4.69) is 75.9 Å². The average Bonchev–Trinajstić information content (AvgIpc) is 2.67. The molecule has 0 aromatic heterocycles. The van der Waals surface area contributed by atoms with Crippen molar-refractivity contribution in [1.82, 2.24) is 0 Å². The SMILES string of the molecule is C=CCOC(CCO)CO[Si](c1ccccc1)(c1ccccc1)C(C)(C)C. The second-order valence-electron chi connectivity index (χ2n) is 7.73. The van der Waals surface area contributed by atoms with Crippen molar-refractivity contribution in [3.05, 3.63) is 73.3 Å². The van der Waals surface area contributed by atoms with Gasteiger partial charge in [-0.2, -0.15) is 0 Å². The normalized spacial score (nSPS) is 13.3. The summed E-state index contributed by atoms with van der Waals surface area (Å²) in [6, 6.07) is 21.1. The van der Waals surface area contributed by atoms with Crippen LogP contribution in [0.5, 0.6) is 0 Å². The van der Waals surface area contributed by atoms with E-state index in [1.807, 2.05) is 12.1 Å². The Kier molecular flexibility index (Phi) is 7.99. The second kappa shape index (κ2) is 9.99. The van der Waals surface area contributed by atoms with Crippen LogP contribution in [-0.4, -0.2) is 39.3 Å². The lowest BCUT2D eigenvalue weighted by molar-refractivity contribution is 0.0179. The van der Waals surface area contributed by atoms with Gasteiger partial charge in [0.15, 0.2) is 0 Å². The van der Waals surface area contributed by atoms with E-state index in [9.17, 15) is 5.11 Å². The molecular formula is C23H32O3Si. The summed E-state index contributed by atoms with van der Waals surface area (Å²) >= 11 is 0. The maximum absolute atomic E-state index is 9.41. The standard InChI is InChI=1S/C23H32O3Si/c1-5-18-25-20(16-17-24)19-26-27(23(2,3)4,21-12-8-6-9-13-21)22-14-10-7-11-15-22/h5-15,20,24H,1,16-19H2,2-4H3. The maximum Gasteiger partial charge on any atom is 0.261 e.